The number of piperidine rings is 1. The summed E-state index contributed by atoms with van der Waals surface area (Å²) >= 11 is 5.62. The molecule has 2 amide bonds. The van der Waals surface area contributed by atoms with Crippen molar-refractivity contribution in [1.29, 1.82) is 0 Å². The molecular formula is C16H20ClF3N4O. The van der Waals surface area contributed by atoms with E-state index in [9.17, 15) is 18.0 Å². The first-order chi connectivity index (χ1) is 11.8. The lowest BCUT2D eigenvalue weighted by molar-refractivity contribution is -0.142. The third-order valence-corrected chi connectivity index (χ3v) is 4.93. The number of alkyl halides is 3. The number of amides is 2. The maximum Gasteiger partial charge on any atom is 0.433 e. The lowest BCUT2D eigenvalue weighted by Crippen LogP contribution is -2.54. The SMILES string of the molecule is O=C1NCCCN1C1CCN(Cc2ccc(Cl)nc2C(F)(F)F)CC1. The summed E-state index contributed by atoms with van der Waals surface area (Å²) in [6.45, 7) is 2.93. The molecule has 9 heteroatoms. The number of nitrogens with one attached hydrogen (secondary N) is 1. The molecule has 0 unspecified atom stereocenters. The van der Waals surface area contributed by atoms with Crippen LogP contribution in [0, 0.1) is 0 Å². The summed E-state index contributed by atoms with van der Waals surface area (Å²) in [5.74, 6) is 0. The molecule has 1 aromatic heterocycles. The molecule has 0 saturated carbocycles. The van der Waals surface area contributed by atoms with E-state index in [1.807, 2.05) is 9.80 Å². The van der Waals surface area contributed by atoms with Crippen molar-refractivity contribution >= 4 is 17.6 Å². The number of nitrogens with zero attached hydrogens (tertiary/aromatic N) is 3. The van der Waals surface area contributed by atoms with Crippen LogP contribution in [0.4, 0.5) is 18.0 Å². The van der Waals surface area contributed by atoms with Crippen molar-refractivity contribution in [2.24, 2.45) is 0 Å². The fraction of sp³-hybridized carbons (Fsp3) is 0.625. The highest BCUT2D eigenvalue weighted by atomic mass is 35.5. The number of hydrogen-bond acceptors (Lipinski definition) is 3. The van der Waals surface area contributed by atoms with Gasteiger partial charge in [-0.15, -0.1) is 0 Å². The average molecular weight is 377 g/mol. The molecule has 1 N–H and O–H groups in total. The number of aromatic nitrogens is 1. The van der Waals surface area contributed by atoms with E-state index in [2.05, 4.69) is 10.3 Å². The zero-order chi connectivity index (χ0) is 18.0. The van der Waals surface area contributed by atoms with E-state index in [0.717, 1.165) is 25.8 Å². The molecule has 0 spiro atoms. The number of hydrogen-bond donors (Lipinski definition) is 1. The van der Waals surface area contributed by atoms with Gasteiger partial charge in [0, 0.05) is 38.8 Å². The van der Waals surface area contributed by atoms with Crippen molar-refractivity contribution < 1.29 is 18.0 Å². The Morgan fingerprint density at radius 3 is 2.60 bits per heavy atom. The molecule has 25 heavy (non-hydrogen) atoms. The fourth-order valence-electron chi connectivity index (χ4n) is 3.46. The minimum Gasteiger partial charge on any atom is -0.338 e. The Morgan fingerprint density at radius 2 is 1.96 bits per heavy atom. The molecule has 1 aromatic rings. The van der Waals surface area contributed by atoms with Gasteiger partial charge in [-0.3, -0.25) is 4.90 Å². The van der Waals surface area contributed by atoms with Gasteiger partial charge < -0.3 is 10.2 Å². The number of urea groups is 1. The predicted molar refractivity (Wildman–Crippen MR) is 87.3 cm³/mol. The smallest absolute Gasteiger partial charge is 0.338 e. The van der Waals surface area contributed by atoms with Crippen molar-refractivity contribution in [3.8, 4) is 0 Å². The second-order valence-corrected chi connectivity index (χ2v) is 6.81. The number of carbonyl (C=O) groups is 1. The number of rotatable bonds is 3. The molecule has 138 valence electrons. The average Bonchev–Trinajstić information content (AvgIpc) is 2.57. The first-order valence-corrected chi connectivity index (χ1v) is 8.72. The highest BCUT2D eigenvalue weighted by Gasteiger charge is 2.36. The zero-order valence-corrected chi connectivity index (χ0v) is 14.4. The third-order valence-electron chi connectivity index (χ3n) is 4.72. The summed E-state index contributed by atoms with van der Waals surface area (Å²) in [7, 11) is 0. The number of carbonyl (C=O) groups excluding carboxylic acids is 1. The maximum atomic E-state index is 13.1. The van der Waals surface area contributed by atoms with Gasteiger partial charge in [0.25, 0.3) is 0 Å². The van der Waals surface area contributed by atoms with Crippen LogP contribution in [-0.4, -0.2) is 53.0 Å². The summed E-state index contributed by atoms with van der Waals surface area (Å²) in [5.41, 5.74) is -0.788. The highest BCUT2D eigenvalue weighted by molar-refractivity contribution is 6.29. The Morgan fingerprint density at radius 1 is 1.24 bits per heavy atom. The van der Waals surface area contributed by atoms with E-state index in [1.54, 1.807) is 0 Å². The number of pyridine rings is 1. The van der Waals surface area contributed by atoms with Gasteiger partial charge in [-0.1, -0.05) is 17.7 Å². The third kappa shape index (κ3) is 4.36. The lowest BCUT2D eigenvalue weighted by atomic mass is 10.0. The van der Waals surface area contributed by atoms with Crippen molar-refractivity contribution in [3.63, 3.8) is 0 Å². The summed E-state index contributed by atoms with van der Waals surface area (Å²) in [4.78, 5) is 19.2. The van der Waals surface area contributed by atoms with Gasteiger partial charge in [-0.25, -0.2) is 9.78 Å². The van der Waals surface area contributed by atoms with Gasteiger partial charge in [-0.05, 0) is 30.9 Å². The molecule has 0 aromatic carbocycles. The normalized spacial score (nSPS) is 20.6. The van der Waals surface area contributed by atoms with E-state index in [4.69, 9.17) is 11.6 Å². The van der Waals surface area contributed by atoms with Crippen LogP contribution in [0.5, 0.6) is 0 Å². The molecular weight excluding hydrogens is 357 g/mol. The second-order valence-electron chi connectivity index (χ2n) is 6.43. The van der Waals surface area contributed by atoms with Crippen molar-refractivity contribution in [2.45, 2.75) is 38.0 Å². The summed E-state index contributed by atoms with van der Waals surface area (Å²) in [5, 5.41) is 2.68. The summed E-state index contributed by atoms with van der Waals surface area (Å²) in [6.07, 6.45) is -2.08. The van der Waals surface area contributed by atoms with Crippen LogP contribution in [0.25, 0.3) is 0 Å². The van der Waals surface area contributed by atoms with E-state index in [-0.39, 0.29) is 29.3 Å². The van der Waals surface area contributed by atoms with E-state index < -0.39 is 11.9 Å². The minimum atomic E-state index is -4.52. The summed E-state index contributed by atoms with van der Waals surface area (Å²) in [6, 6.07) is 2.90. The molecule has 0 bridgehead atoms. The summed E-state index contributed by atoms with van der Waals surface area (Å²) < 4.78 is 39.4. The van der Waals surface area contributed by atoms with Crippen molar-refractivity contribution in [3.05, 3.63) is 28.5 Å². The van der Waals surface area contributed by atoms with Crippen LogP contribution < -0.4 is 5.32 Å². The number of likely N-dealkylation sites (tertiary alicyclic amines) is 1. The Kier molecular flexibility index (Phi) is 5.38. The lowest BCUT2D eigenvalue weighted by Gasteiger charge is -2.40. The van der Waals surface area contributed by atoms with Gasteiger partial charge in [0.2, 0.25) is 0 Å². The highest BCUT2D eigenvalue weighted by Crippen LogP contribution is 2.32. The largest absolute Gasteiger partial charge is 0.433 e. The topological polar surface area (TPSA) is 48.5 Å². The molecule has 2 aliphatic heterocycles. The molecule has 2 aliphatic rings. The first-order valence-electron chi connectivity index (χ1n) is 8.34. The predicted octanol–water partition coefficient (Wildman–Crippen LogP) is 3.13. The molecule has 0 aliphatic carbocycles. The van der Waals surface area contributed by atoms with E-state index in [1.165, 1.54) is 12.1 Å². The standard InChI is InChI=1S/C16H20ClF3N4O/c17-13-3-2-11(14(22-13)16(18,19)20)10-23-8-4-12(5-9-23)24-7-1-6-21-15(24)25/h2-3,12H,1,4-10H2,(H,21,25). The minimum absolute atomic E-state index is 0.0361. The molecule has 3 heterocycles. The van der Waals surface area contributed by atoms with Crippen LogP contribution >= 0.6 is 11.6 Å². The van der Waals surface area contributed by atoms with Crippen molar-refractivity contribution in [1.82, 2.24) is 20.1 Å². The van der Waals surface area contributed by atoms with E-state index >= 15 is 0 Å². The molecule has 0 atom stereocenters. The molecule has 2 fully saturated rings. The quantitative estimate of drug-likeness (QED) is 0.824. The zero-order valence-electron chi connectivity index (χ0n) is 13.7. The molecule has 2 saturated heterocycles. The Labute approximate surface area is 149 Å². The van der Waals surface area contributed by atoms with E-state index in [0.29, 0.717) is 19.6 Å². The van der Waals surface area contributed by atoms with Crippen LogP contribution in [0.2, 0.25) is 5.15 Å². The maximum absolute atomic E-state index is 13.1. The van der Waals surface area contributed by atoms with Crippen LogP contribution in [0.3, 0.4) is 0 Å². The van der Waals surface area contributed by atoms with Gasteiger partial charge >= 0.3 is 12.2 Å². The van der Waals surface area contributed by atoms with Gasteiger partial charge in [0.05, 0.1) is 0 Å². The Bertz CT molecular complexity index is 632. The molecule has 3 rings (SSSR count). The van der Waals surface area contributed by atoms with Crippen LogP contribution in [0.15, 0.2) is 12.1 Å². The molecule has 5 nitrogen and oxygen atoms in total. The fourth-order valence-corrected chi connectivity index (χ4v) is 3.61. The van der Waals surface area contributed by atoms with Crippen LogP contribution in [0.1, 0.15) is 30.5 Å². The monoisotopic (exact) mass is 376 g/mol. The van der Waals surface area contributed by atoms with Gasteiger partial charge in [0.15, 0.2) is 5.69 Å². The van der Waals surface area contributed by atoms with Gasteiger partial charge in [-0.2, -0.15) is 13.2 Å². The first kappa shape index (κ1) is 18.3. The Hall–Kier alpha value is -1.54. The van der Waals surface area contributed by atoms with Crippen molar-refractivity contribution in [2.75, 3.05) is 26.2 Å². The van der Waals surface area contributed by atoms with Crippen LogP contribution in [-0.2, 0) is 12.7 Å². The second kappa shape index (κ2) is 7.37. The van der Waals surface area contributed by atoms with Gasteiger partial charge in [0.1, 0.15) is 5.15 Å². The molecule has 0 radical (unpaired) electrons. The Balaban J connectivity index is 1.62. The number of halogens is 4.